The van der Waals surface area contributed by atoms with Gasteiger partial charge in [-0.15, -0.1) is 0 Å². The van der Waals surface area contributed by atoms with Gasteiger partial charge in [-0.05, 0) is 12.1 Å². The molecule has 108 valence electrons. The van der Waals surface area contributed by atoms with Crippen LogP contribution in [0.4, 0.5) is 11.4 Å². The van der Waals surface area contributed by atoms with Gasteiger partial charge >= 0.3 is 5.97 Å². The molecule has 0 radical (unpaired) electrons. The smallest absolute Gasteiger partial charge is 0.308 e. The molecule has 22 heavy (non-hydrogen) atoms. The van der Waals surface area contributed by atoms with Gasteiger partial charge in [0.05, 0.1) is 11.4 Å². The van der Waals surface area contributed by atoms with Gasteiger partial charge in [0.1, 0.15) is 5.75 Å². The van der Waals surface area contributed by atoms with Gasteiger partial charge in [0.25, 0.3) is 0 Å². The van der Waals surface area contributed by atoms with E-state index < -0.39 is 0 Å². The Bertz CT molecular complexity index is 902. The third-order valence-corrected chi connectivity index (χ3v) is 3.59. The average Bonchev–Trinajstić information content (AvgIpc) is 2.53. The van der Waals surface area contributed by atoms with E-state index in [0.29, 0.717) is 11.5 Å². The molecule has 0 fully saturated rings. The van der Waals surface area contributed by atoms with Crippen LogP contribution in [0.2, 0.25) is 0 Å². The number of fused-ring (bicyclic) bond motifs is 4. The summed E-state index contributed by atoms with van der Waals surface area (Å²) in [6.07, 6.45) is 0. The molecule has 0 amide bonds. The van der Waals surface area contributed by atoms with Crippen LogP contribution >= 0.6 is 0 Å². The van der Waals surface area contributed by atoms with E-state index in [0.717, 1.165) is 27.9 Å². The van der Waals surface area contributed by atoms with Crippen molar-refractivity contribution in [3.63, 3.8) is 0 Å². The third-order valence-electron chi connectivity index (χ3n) is 3.59. The normalized spacial score (nSPS) is 11.9. The molecule has 0 atom stereocenters. The lowest BCUT2D eigenvalue weighted by atomic mass is 10.1. The van der Waals surface area contributed by atoms with Crippen molar-refractivity contribution >= 4 is 28.1 Å². The van der Waals surface area contributed by atoms with Crippen LogP contribution in [0, 0.1) is 0 Å². The molecule has 4 heteroatoms. The predicted octanol–water partition coefficient (Wildman–Crippen LogP) is 4.61. The summed E-state index contributed by atoms with van der Waals surface area (Å²) in [5.74, 6) is 1.55. The molecule has 0 aromatic heterocycles. The summed E-state index contributed by atoms with van der Waals surface area (Å²) in [6, 6.07) is 17.2. The molecule has 0 bridgehead atoms. The van der Waals surface area contributed by atoms with E-state index in [2.05, 4.69) is 5.32 Å². The van der Waals surface area contributed by atoms with Crippen molar-refractivity contribution in [2.45, 2.75) is 6.92 Å². The van der Waals surface area contributed by atoms with Crippen molar-refractivity contribution in [1.82, 2.24) is 0 Å². The Morgan fingerprint density at radius 2 is 1.73 bits per heavy atom. The minimum absolute atomic E-state index is 0.353. The average molecular weight is 291 g/mol. The van der Waals surface area contributed by atoms with Crippen molar-refractivity contribution in [2.24, 2.45) is 0 Å². The molecule has 4 rings (SSSR count). The van der Waals surface area contributed by atoms with E-state index in [-0.39, 0.29) is 5.97 Å². The number of ether oxygens (including phenoxy) is 2. The molecule has 0 aliphatic carbocycles. The number of hydrogen-bond acceptors (Lipinski definition) is 4. The zero-order valence-corrected chi connectivity index (χ0v) is 11.9. The summed E-state index contributed by atoms with van der Waals surface area (Å²) in [5, 5.41) is 5.22. The number of para-hydroxylation sites is 2. The molecule has 1 heterocycles. The Hall–Kier alpha value is -3.01. The quantitative estimate of drug-likeness (QED) is 0.411. The van der Waals surface area contributed by atoms with Gasteiger partial charge in [-0.1, -0.05) is 36.4 Å². The highest BCUT2D eigenvalue weighted by Gasteiger charge is 2.21. The van der Waals surface area contributed by atoms with E-state index in [4.69, 9.17) is 9.47 Å². The largest absolute Gasteiger partial charge is 0.453 e. The number of benzene rings is 3. The molecule has 0 spiro atoms. The van der Waals surface area contributed by atoms with E-state index in [9.17, 15) is 4.79 Å². The molecule has 1 aliphatic rings. The molecule has 3 aromatic carbocycles. The number of nitrogens with one attached hydrogen (secondary N) is 1. The van der Waals surface area contributed by atoms with Crippen LogP contribution in [0.15, 0.2) is 54.6 Å². The molecule has 4 nitrogen and oxygen atoms in total. The van der Waals surface area contributed by atoms with Crippen molar-refractivity contribution in [3.05, 3.63) is 54.6 Å². The lowest BCUT2D eigenvalue weighted by molar-refractivity contribution is -0.131. The number of carbonyl (C=O) groups is 1. The molecule has 1 N–H and O–H groups in total. The lowest BCUT2D eigenvalue weighted by Gasteiger charge is -2.24. The Kier molecular flexibility index (Phi) is 2.76. The highest BCUT2D eigenvalue weighted by Crippen LogP contribution is 2.48. The maximum absolute atomic E-state index is 11.3. The van der Waals surface area contributed by atoms with Crippen molar-refractivity contribution in [2.75, 3.05) is 5.32 Å². The summed E-state index contributed by atoms with van der Waals surface area (Å²) in [6.45, 7) is 1.39. The van der Waals surface area contributed by atoms with Gasteiger partial charge < -0.3 is 14.8 Å². The fraction of sp³-hybridized carbons (Fsp3) is 0.0556. The van der Waals surface area contributed by atoms with Crippen LogP contribution in [-0.4, -0.2) is 5.97 Å². The van der Waals surface area contributed by atoms with E-state index in [1.54, 1.807) is 6.07 Å². The van der Waals surface area contributed by atoms with Gasteiger partial charge in [-0.25, -0.2) is 0 Å². The third kappa shape index (κ3) is 1.97. The van der Waals surface area contributed by atoms with Crippen molar-refractivity contribution in [3.8, 4) is 17.2 Å². The number of esters is 1. The van der Waals surface area contributed by atoms with Crippen molar-refractivity contribution in [1.29, 1.82) is 0 Å². The Balaban J connectivity index is 1.95. The molecular formula is C18H13NO3. The first-order valence-electron chi connectivity index (χ1n) is 7.00. The first kappa shape index (κ1) is 12.7. The highest BCUT2D eigenvalue weighted by molar-refractivity contribution is 6.04. The highest BCUT2D eigenvalue weighted by atomic mass is 16.5. The summed E-state index contributed by atoms with van der Waals surface area (Å²) in [5.41, 5.74) is 1.80. The zero-order valence-electron chi connectivity index (χ0n) is 11.9. The molecule has 3 aromatic rings. The summed E-state index contributed by atoms with van der Waals surface area (Å²) in [7, 11) is 0. The summed E-state index contributed by atoms with van der Waals surface area (Å²) in [4.78, 5) is 11.3. The number of carbonyl (C=O) groups excluding carboxylic acids is 1. The van der Waals surface area contributed by atoms with Crippen LogP contribution in [0.25, 0.3) is 10.8 Å². The minimum Gasteiger partial charge on any atom is -0.453 e. The first-order chi connectivity index (χ1) is 10.7. The molecular weight excluding hydrogens is 278 g/mol. The van der Waals surface area contributed by atoms with Crippen LogP contribution in [0.3, 0.4) is 0 Å². The van der Waals surface area contributed by atoms with E-state index in [1.165, 1.54) is 6.92 Å². The van der Waals surface area contributed by atoms with Gasteiger partial charge in [-0.3, -0.25) is 4.79 Å². The fourth-order valence-electron chi connectivity index (χ4n) is 2.68. The first-order valence-corrected chi connectivity index (χ1v) is 7.00. The Morgan fingerprint density at radius 3 is 2.55 bits per heavy atom. The van der Waals surface area contributed by atoms with Gasteiger partial charge in [0.15, 0.2) is 11.5 Å². The summed E-state index contributed by atoms with van der Waals surface area (Å²) < 4.78 is 11.3. The lowest BCUT2D eigenvalue weighted by Crippen LogP contribution is -2.06. The van der Waals surface area contributed by atoms with Crippen LogP contribution in [0.1, 0.15) is 6.92 Å². The Morgan fingerprint density at radius 1 is 1.00 bits per heavy atom. The van der Waals surface area contributed by atoms with Crippen LogP contribution in [-0.2, 0) is 4.79 Å². The molecule has 0 saturated heterocycles. The SMILES string of the molecule is CC(=O)Oc1cc2c(c3ccccc13)Nc1ccccc1O2. The zero-order chi connectivity index (χ0) is 15.1. The van der Waals surface area contributed by atoms with Gasteiger partial charge in [0.2, 0.25) is 0 Å². The minimum atomic E-state index is -0.353. The number of rotatable bonds is 1. The Labute approximate surface area is 127 Å². The topological polar surface area (TPSA) is 47.6 Å². The van der Waals surface area contributed by atoms with Gasteiger partial charge in [-0.2, -0.15) is 0 Å². The monoisotopic (exact) mass is 291 g/mol. The van der Waals surface area contributed by atoms with Crippen molar-refractivity contribution < 1.29 is 14.3 Å². The summed E-state index contributed by atoms with van der Waals surface area (Å²) >= 11 is 0. The number of hydrogen-bond donors (Lipinski definition) is 1. The van der Waals surface area contributed by atoms with E-state index in [1.807, 2.05) is 48.5 Å². The fourth-order valence-corrected chi connectivity index (χ4v) is 2.68. The predicted molar refractivity (Wildman–Crippen MR) is 85.1 cm³/mol. The van der Waals surface area contributed by atoms with Gasteiger partial charge in [0, 0.05) is 23.8 Å². The van der Waals surface area contributed by atoms with Crippen LogP contribution in [0.5, 0.6) is 17.2 Å². The second-order valence-electron chi connectivity index (χ2n) is 5.11. The van der Waals surface area contributed by atoms with Crippen LogP contribution < -0.4 is 14.8 Å². The maximum atomic E-state index is 11.3. The molecule has 0 unspecified atom stereocenters. The number of anilines is 2. The molecule has 0 saturated carbocycles. The second kappa shape index (κ2) is 4.77. The molecule has 1 aliphatic heterocycles. The second-order valence-corrected chi connectivity index (χ2v) is 5.11. The standard InChI is InChI=1S/C18H13NO3/c1-11(20)21-16-10-17-18(13-7-3-2-6-12(13)16)19-14-8-4-5-9-15(14)22-17/h2-10,19H,1H3. The maximum Gasteiger partial charge on any atom is 0.308 e. The van der Waals surface area contributed by atoms with E-state index >= 15 is 0 Å².